The van der Waals surface area contributed by atoms with Crippen molar-refractivity contribution < 1.29 is 9.53 Å². The second kappa shape index (κ2) is 9.31. The Morgan fingerprint density at radius 1 is 1.14 bits per heavy atom. The van der Waals surface area contributed by atoms with Gasteiger partial charge in [-0.05, 0) is 30.7 Å². The van der Waals surface area contributed by atoms with E-state index in [4.69, 9.17) is 21.3 Å². The monoisotopic (exact) mass is 413 g/mol. The van der Waals surface area contributed by atoms with Gasteiger partial charge >= 0.3 is 0 Å². The van der Waals surface area contributed by atoms with E-state index < -0.39 is 0 Å². The van der Waals surface area contributed by atoms with Crippen molar-refractivity contribution in [3.8, 4) is 5.75 Å². The lowest BCUT2D eigenvalue weighted by molar-refractivity contribution is -0.128. The average molecular weight is 414 g/mol. The molecular weight excluding hydrogens is 386 g/mol. The molecule has 6 heteroatoms. The number of para-hydroxylation sites is 3. The molecule has 2 aromatic carbocycles. The van der Waals surface area contributed by atoms with Gasteiger partial charge in [-0.15, -0.1) is 0 Å². The highest BCUT2D eigenvalue weighted by atomic mass is 35.5. The van der Waals surface area contributed by atoms with Crippen LogP contribution in [-0.2, 0) is 17.8 Å². The maximum Gasteiger partial charge on any atom is 0.225 e. The fourth-order valence-corrected chi connectivity index (χ4v) is 3.28. The number of halogens is 1. The van der Waals surface area contributed by atoms with E-state index in [9.17, 15) is 4.79 Å². The predicted molar refractivity (Wildman–Crippen MR) is 117 cm³/mol. The third-order valence-electron chi connectivity index (χ3n) is 4.69. The van der Waals surface area contributed by atoms with Gasteiger partial charge in [-0.2, -0.15) is 0 Å². The largest absolute Gasteiger partial charge is 0.490 e. The van der Waals surface area contributed by atoms with E-state index in [1.165, 1.54) is 0 Å². The van der Waals surface area contributed by atoms with Crippen LogP contribution in [0.5, 0.6) is 5.75 Å². The maximum absolute atomic E-state index is 12.0. The highest BCUT2D eigenvalue weighted by molar-refractivity contribution is 6.32. The molecule has 1 aromatic heterocycles. The van der Waals surface area contributed by atoms with Gasteiger partial charge in [0.1, 0.15) is 18.2 Å². The quantitative estimate of drug-likeness (QED) is 0.536. The summed E-state index contributed by atoms with van der Waals surface area (Å²) < 4.78 is 8.06. The lowest BCUT2D eigenvalue weighted by atomic mass is 9.96. The standard InChI is InChI=1S/C23H28ClN3O2/c1-23(2,3)22(28)25-14-8-13-21-26-18-10-5-6-11-19(18)27(21)15-16-29-20-12-7-4-9-17(20)24/h4-7,9-12H,8,13-16H2,1-3H3,(H,25,28). The summed E-state index contributed by atoms with van der Waals surface area (Å²) in [4.78, 5) is 16.8. The minimum atomic E-state index is -0.372. The van der Waals surface area contributed by atoms with Gasteiger partial charge in [0.15, 0.2) is 0 Å². The number of hydrogen-bond acceptors (Lipinski definition) is 3. The number of rotatable bonds is 8. The highest BCUT2D eigenvalue weighted by Crippen LogP contribution is 2.23. The summed E-state index contributed by atoms with van der Waals surface area (Å²) >= 11 is 6.17. The van der Waals surface area contributed by atoms with Crippen LogP contribution in [0.15, 0.2) is 48.5 Å². The molecule has 5 nitrogen and oxygen atoms in total. The molecule has 1 amide bonds. The summed E-state index contributed by atoms with van der Waals surface area (Å²) in [6, 6.07) is 15.6. The molecule has 0 fully saturated rings. The molecule has 0 atom stereocenters. The first-order chi connectivity index (χ1) is 13.9. The lowest BCUT2D eigenvalue weighted by Gasteiger charge is -2.17. The average Bonchev–Trinajstić information content (AvgIpc) is 3.03. The summed E-state index contributed by atoms with van der Waals surface area (Å²) in [5, 5.41) is 3.61. The normalized spacial score (nSPS) is 11.6. The van der Waals surface area contributed by atoms with Crippen LogP contribution in [0, 0.1) is 5.41 Å². The first-order valence-electron chi connectivity index (χ1n) is 9.96. The second-order valence-corrected chi connectivity index (χ2v) is 8.46. The number of fused-ring (bicyclic) bond motifs is 1. The van der Waals surface area contributed by atoms with Crippen LogP contribution < -0.4 is 10.1 Å². The highest BCUT2D eigenvalue weighted by Gasteiger charge is 2.20. The van der Waals surface area contributed by atoms with Gasteiger partial charge in [-0.1, -0.05) is 56.6 Å². The molecule has 0 aliphatic carbocycles. The lowest BCUT2D eigenvalue weighted by Crippen LogP contribution is -2.35. The molecule has 3 aromatic rings. The van der Waals surface area contributed by atoms with E-state index in [0.29, 0.717) is 30.5 Å². The Bertz CT molecular complexity index is 976. The number of nitrogens with zero attached hydrogens (tertiary/aromatic N) is 2. The molecule has 0 spiro atoms. The van der Waals surface area contributed by atoms with Gasteiger partial charge in [0.05, 0.1) is 22.6 Å². The molecule has 1 N–H and O–H groups in total. The number of carbonyl (C=O) groups excluding carboxylic acids is 1. The zero-order valence-electron chi connectivity index (χ0n) is 17.2. The summed E-state index contributed by atoms with van der Waals surface area (Å²) in [5.74, 6) is 1.75. The Kier molecular flexibility index (Phi) is 6.80. The van der Waals surface area contributed by atoms with Crippen LogP contribution in [-0.4, -0.2) is 28.6 Å². The summed E-state index contributed by atoms with van der Waals surface area (Å²) in [6.45, 7) is 7.56. The predicted octanol–water partition coefficient (Wildman–Crippen LogP) is 4.86. The molecule has 0 saturated heterocycles. The van der Waals surface area contributed by atoms with Gasteiger partial charge in [-0.25, -0.2) is 4.98 Å². The van der Waals surface area contributed by atoms with E-state index >= 15 is 0 Å². The molecule has 154 valence electrons. The van der Waals surface area contributed by atoms with Crippen molar-refractivity contribution in [3.63, 3.8) is 0 Å². The van der Waals surface area contributed by atoms with Crippen LogP contribution >= 0.6 is 11.6 Å². The van der Waals surface area contributed by atoms with Crippen LogP contribution in [0.1, 0.15) is 33.0 Å². The van der Waals surface area contributed by atoms with Crippen molar-refractivity contribution in [1.82, 2.24) is 14.9 Å². The second-order valence-electron chi connectivity index (χ2n) is 8.06. The number of aromatic nitrogens is 2. The molecule has 0 unspecified atom stereocenters. The molecule has 0 aliphatic heterocycles. The van der Waals surface area contributed by atoms with Crippen LogP contribution in [0.3, 0.4) is 0 Å². The Balaban J connectivity index is 1.64. The number of nitrogens with one attached hydrogen (secondary N) is 1. The number of ether oxygens (including phenoxy) is 1. The molecule has 1 heterocycles. The van der Waals surface area contributed by atoms with Gasteiger partial charge in [-0.3, -0.25) is 4.79 Å². The van der Waals surface area contributed by atoms with Gasteiger partial charge in [0, 0.05) is 18.4 Å². The topological polar surface area (TPSA) is 56.2 Å². The summed E-state index contributed by atoms with van der Waals surface area (Å²) in [5.41, 5.74) is 1.69. The smallest absolute Gasteiger partial charge is 0.225 e. The molecule has 0 bridgehead atoms. The first-order valence-corrected chi connectivity index (χ1v) is 10.3. The number of hydrogen-bond donors (Lipinski definition) is 1. The molecule has 3 rings (SSSR count). The number of carbonyl (C=O) groups is 1. The van der Waals surface area contributed by atoms with E-state index in [1.807, 2.05) is 63.2 Å². The van der Waals surface area contributed by atoms with E-state index in [-0.39, 0.29) is 11.3 Å². The van der Waals surface area contributed by atoms with Crippen molar-refractivity contribution in [1.29, 1.82) is 0 Å². The minimum Gasteiger partial charge on any atom is -0.490 e. The third-order valence-corrected chi connectivity index (χ3v) is 5.00. The number of aryl methyl sites for hydroxylation is 1. The van der Waals surface area contributed by atoms with Gasteiger partial charge in [0.25, 0.3) is 0 Å². The Morgan fingerprint density at radius 2 is 1.86 bits per heavy atom. The Hall–Kier alpha value is -2.53. The fraction of sp³-hybridized carbons (Fsp3) is 0.391. The van der Waals surface area contributed by atoms with Crippen molar-refractivity contribution in [2.45, 2.75) is 40.2 Å². The maximum atomic E-state index is 12.0. The molecule has 0 saturated carbocycles. The number of benzene rings is 2. The van der Waals surface area contributed by atoms with Crippen LogP contribution in [0.2, 0.25) is 5.02 Å². The third kappa shape index (κ3) is 5.51. The van der Waals surface area contributed by atoms with Crippen molar-refractivity contribution in [3.05, 3.63) is 59.4 Å². The molecule has 0 aliphatic rings. The van der Waals surface area contributed by atoms with Gasteiger partial charge in [0.2, 0.25) is 5.91 Å². The summed E-state index contributed by atoms with van der Waals surface area (Å²) in [7, 11) is 0. The minimum absolute atomic E-state index is 0.0687. The van der Waals surface area contributed by atoms with Crippen LogP contribution in [0.25, 0.3) is 11.0 Å². The zero-order valence-corrected chi connectivity index (χ0v) is 18.0. The van der Waals surface area contributed by atoms with E-state index in [1.54, 1.807) is 0 Å². The first kappa shape index (κ1) is 21.2. The summed E-state index contributed by atoms with van der Waals surface area (Å²) in [6.07, 6.45) is 1.61. The molecule has 0 radical (unpaired) electrons. The van der Waals surface area contributed by atoms with Gasteiger partial charge < -0.3 is 14.6 Å². The van der Waals surface area contributed by atoms with Crippen LogP contribution in [0.4, 0.5) is 0 Å². The fourth-order valence-electron chi connectivity index (χ4n) is 3.09. The SMILES string of the molecule is CC(C)(C)C(=O)NCCCc1nc2ccccc2n1CCOc1ccccc1Cl. The van der Waals surface area contributed by atoms with Crippen molar-refractivity contribution >= 4 is 28.5 Å². The molecular formula is C23H28ClN3O2. The number of imidazole rings is 1. The Labute approximate surface area is 177 Å². The van der Waals surface area contributed by atoms with Crippen molar-refractivity contribution in [2.75, 3.05) is 13.2 Å². The zero-order chi connectivity index (χ0) is 20.9. The van der Waals surface area contributed by atoms with E-state index in [0.717, 1.165) is 29.7 Å². The Morgan fingerprint density at radius 3 is 2.62 bits per heavy atom. The number of amides is 1. The van der Waals surface area contributed by atoms with Crippen molar-refractivity contribution in [2.24, 2.45) is 5.41 Å². The molecule has 29 heavy (non-hydrogen) atoms. The van der Waals surface area contributed by atoms with E-state index in [2.05, 4.69) is 16.0 Å².